The van der Waals surface area contributed by atoms with Crippen molar-refractivity contribution in [1.82, 2.24) is 15.2 Å². The maximum Gasteiger partial charge on any atom is 0.303 e. The molecule has 0 saturated carbocycles. The molecule has 2 heterocycles. The van der Waals surface area contributed by atoms with Gasteiger partial charge in [0.1, 0.15) is 0 Å². The van der Waals surface area contributed by atoms with E-state index in [9.17, 15) is 9.90 Å². The number of aliphatic carboxylic acids is 1. The van der Waals surface area contributed by atoms with Crippen LogP contribution in [0.4, 0.5) is 5.69 Å². The number of aryl methyl sites for hydroxylation is 1. The zero-order valence-corrected chi connectivity index (χ0v) is 22.0. The quantitative estimate of drug-likeness (QED) is 0.221. The Kier molecular flexibility index (Phi) is 7.69. The lowest BCUT2D eigenvalue weighted by Gasteiger charge is -2.27. The van der Waals surface area contributed by atoms with Gasteiger partial charge in [0, 0.05) is 54.6 Å². The fraction of sp³-hybridized carbons (Fsp3) is 0.241. The lowest BCUT2D eigenvalue weighted by atomic mass is 9.98. The van der Waals surface area contributed by atoms with E-state index in [4.69, 9.17) is 10.1 Å². The third-order valence-corrected chi connectivity index (χ3v) is 7.12. The summed E-state index contributed by atoms with van der Waals surface area (Å²) >= 11 is 3.50. The Morgan fingerprint density at radius 1 is 0.973 bits per heavy atom. The largest absolute Gasteiger partial charge is 0.494 e. The smallest absolute Gasteiger partial charge is 0.303 e. The fourth-order valence-electron chi connectivity index (χ4n) is 4.67. The van der Waals surface area contributed by atoms with Crippen molar-refractivity contribution in [2.75, 3.05) is 26.2 Å². The number of benzene rings is 3. The third kappa shape index (κ3) is 6.10. The molecule has 0 atom stereocenters. The fourth-order valence-corrected chi connectivity index (χ4v) is 5.03. The van der Waals surface area contributed by atoms with Gasteiger partial charge in [0.25, 0.3) is 0 Å². The van der Waals surface area contributed by atoms with Gasteiger partial charge in [-0.1, -0.05) is 58.4 Å². The number of aromatic hydroxyl groups is 1. The summed E-state index contributed by atoms with van der Waals surface area (Å²) in [6.45, 7) is 5.04. The first-order valence-electron chi connectivity index (χ1n) is 12.4. The number of carboxylic acid groups (broad SMARTS) is 1. The van der Waals surface area contributed by atoms with Crippen LogP contribution in [-0.4, -0.2) is 58.0 Å². The maximum absolute atomic E-state index is 11.0. The first-order valence-corrected chi connectivity index (χ1v) is 13.2. The second-order valence-electron chi connectivity index (χ2n) is 9.28. The van der Waals surface area contributed by atoms with Gasteiger partial charge < -0.3 is 20.5 Å². The lowest BCUT2D eigenvalue weighted by Crippen LogP contribution is -2.42. The van der Waals surface area contributed by atoms with Crippen molar-refractivity contribution in [2.45, 2.75) is 19.4 Å². The van der Waals surface area contributed by atoms with Crippen molar-refractivity contribution in [3.8, 4) is 5.88 Å². The number of hydrogen-bond acceptors (Lipinski definition) is 5. The van der Waals surface area contributed by atoms with Gasteiger partial charge in [0.15, 0.2) is 5.88 Å². The molecule has 0 spiro atoms. The molecule has 7 nitrogen and oxygen atoms in total. The molecule has 1 aliphatic rings. The van der Waals surface area contributed by atoms with Gasteiger partial charge in [-0.2, -0.15) is 0 Å². The second kappa shape index (κ2) is 11.3. The molecule has 3 aromatic carbocycles. The molecule has 37 heavy (non-hydrogen) atoms. The summed E-state index contributed by atoms with van der Waals surface area (Å²) in [6, 6.07) is 21.8. The van der Waals surface area contributed by atoms with Crippen LogP contribution in [0.2, 0.25) is 0 Å². The number of aromatic amines is 1. The number of hydrogen-bond donors (Lipinski definition) is 4. The van der Waals surface area contributed by atoms with E-state index in [1.54, 1.807) is 0 Å². The Morgan fingerprint density at radius 2 is 1.68 bits per heavy atom. The maximum atomic E-state index is 11.0. The molecular weight excluding hydrogens is 532 g/mol. The van der Waals surface area contributed by atoms with Crippen LogP contribution in [0.25, 0.3) is 10.9 Å². The Morgan fingerprint density at radius 3 is 2.38 bits per heavy atom. The molecule has 5 rings (SSSR count). The number of carboxylic acids is 1. The highest BCUT2D eigenvalue weighted by Gasteiger charge is 2.19. The monoisotopic (exact) mass is 560 g/mol. The zero-order chi connectivity index (χ0) is 25.8. The molecule has 190 valence electrons. The Bertz CT molecular complexity index is 1420. The number of fused-ring (bicyclic) bond motifs is 1. The standard InChI is InChI=1S/C29H29BrN4O3/c30-22-8-11-24-25(17-22)33-29(37)27(24)28(21-6-1-19(2-7-21)5-12-26(35)36)32-23-9-3-20(4-10-23)18-34-15-13-31-14-16-34/h1-4,6-11,17,31,33,37H,5,12-16,18H2,(H,35,36). The minimum Gasteiger partial charge on any atom is -0.494 e. The molecule has 0 amide bonds. The van der Waals surface area contributed by atoms with Crippen LogP contribution in [0.3, 0.4) is 0 Å². The molecule has 1 fully saturated rings. The van der Waals surface area contributed by atoms with E-state index in [1.807, 2.05) is 54.6 Å². The van der Waals surface area contributed by atoms with Crippen LogP contribution >= 0.6 is 15.9 Å². The van der Waals surface area contributed by atoms with E-state index in [0.29, 0.717) is 17.7 Å². The second-order valence-corrected chi connectivity index (χ2v) is 10.2. The number of nitrogens with one attached hydrogen (secondary N) is 2. The summed E-state index contributed by atoms with van der Waals surface area (Å²) < 4.78 is 0.911. The van der Waals surface area contributed by atoms with E-state index in [1.165, 1.54) is 5.56 Å². The average Bonchev–Trinajstić information content (AvgIpc) is 3.22. The van der Waals surface area contributed by atoms with Crippen LogP contribution in [0.15, 0.2) is 76.2 Å². The number of H-pyrrole nitrogens is 1. The van der Waals surface area contributed by atoms with Crippen molar-refractivity contribution in [2.24, 2.45) is 4.99 Å². The highest BCUT2D eigenvalue weighted by molar-refractivity contribution is 9.10. The number of carbonyl (C=O) groups is 1. The van der Waals surface area contributed by atoms with E-state index in [0.717, 1.165) is 64.9 Å². The average molecular weight is 561 g/mol. The Hall–Kier alpha value is -3.46. The van der Waals surface area contributed by atoms with Crippen molar-refractivity contribution >= 4 is 44.2 Å². The first kappa shape index (κ1) is 25.2. The van der Waals surface area contributed by atoms with E-state index in [2.05, 4.69) is 43.3 Å². The Balaban J connectivity index is 1.51. The van der Waals surface area contributed by atoms with E-state index in [-0.39, 0.29) is 12.3 Å². The molecular formula is C29H29BrN4O3. The summed E-state index contributed by atoms with van der Waals surface area (Å²) in [4.78, 5) is 21.5. The highest BCUT2D eigenvalue weighted by Crippen LogP contribution is 2.33. The first-order chi connectivity index (χ1) is 18.0. The topological polar surface area (TPSA) is 101 Å². The zero-order valence-electron chi connectivity index (χ0n) is 20.4. The SMILES string of the molecule is O=C(O)CCc1ccc(C(=Nc2ccc(CN3CCNCC3)cc2)c2c(O)[nH]c3cc(Br)ccc23)cc1. The van der Waals surface area contributed by atoms with Crippen molar-refractivity contribution < 1.29 is 15.0 Å². The number of aromatic nitrogens is 1. The molecule has 1 saturated heterocycles. The molecule has 0 bridgehead atoms. The number of piperazine rings is 1. The predicted octanol–water partition coefficient (Wildman–Crippen LogP) is 5.23. The minimum atomic E-state index is -0.818. The van der Waals surface area contributed by atoms with Crippen molar-refractivity contribution in [3.63, 3.8) is 0 Å². The molecule has 8 heteroatoms. The summed E-state index contributed by atoms with van der Waals surface area (Å²) in [5.74, 6) is -0.765. The summed E-state index contributed by atoms with van der Waals surface area (Å²) in [5.41, 5.74) is 5.89. The normalized spacial score (nSPS) is 14.8. The van der Waals surface area contributed by atoms with Gasteiger partial charge in [-0.25, -0.2) is 4.99 Å². The summed E-state index contributed by atoms with van der Waals surface area (Å²) in [5, 5.41) is 24.2. The molecule has 4 N–H and O–H groups in total. The molecule has 4 aromatic rings. The lowest BCUT2D eigenvalue weighted by molar-refractivity contribution is -0.136. The third-order valence-electron chi connectivity index (χ3n) is 6.63. The van der Waals surface area contributed by atoms with Crippen LogP contribution in [0, 0.1) is 0 Å². The number of rotatable bonds is 8. The predicted molar refractivity (Wildman–Crippen MR) is 150 cm³/mol. The van der Waals surface area contributed by atoms with E-state index < -0.39 is 5.97 Å². The molecule has 1 aliphatic heterocycles. The van der Waals surface area contributed by atoms with Crippen LogP contribution < -0.4 is 5.32 Å². The minimum absolute atomic E-state index is 0.0529. The van der Waals surface area contributed by atoms with Gasteiger partial charge in [0.2, 0.25) is 0 Å². The highest BCUT2D eigenvalue weighted by atomic mass is 79.9. The van der Waals surface area contributed by atoms with Crippen molar-refractivity contribution in [3.05, 3.63) is 93.5 Å². The van der Waals surface area contributed by atoms with Crippen LogP contribution in [-0.2, 0) is 17.8 Å². The van der Waals surface area contributed by atoms with Crippen LogP contribution in [0.1, 0.15) is 28.7 Å². The van der Waals surface area contributed by atoms with Gasteiger partial charge in [-0.05, 0) is 41.8 Å². The molecule has 0 aliphatic carbocycles. The Labute approximate surface area is 224 Å². The molecule has 0 unspecified atom stereocenters. The van der Waals surface area contributed by atoms with Gasteiger partial charge in [0.05, 0.1) is 22.5 Å². The number of halogens is 1. The molecule has 0 radical (unpaired) electrons. The summed E-state index contributed by atoms with van der Waals surface area (Å²) in [6.07, 6.45) is 0.543. The summed E-state index contributed by atoms with van der Waals surface area (Å²) in [7, 11) is 0. The number of nitrogens with zero attached hydrogens (tertiary/aromatic N) is 2. The van der Waals surface area contributed by atoms with Gasteiger partial charge in [-0.3, -0.25) is 9.69 Å². The van der Waals surface area contributed by atoms with Crippen molar-refractivity contribution in [1.29, 1.82) is 0 Å². The number of aliphatic imine (C=N–C) groups is 1. The van der Waals surface area contributed by atoms with Gasteiger partial charge >= 0.3 is 5.97 Å². The van der Waals surface area contributed by atoms with Gasteiger partial charge in [-0.15, -0.1) is 0 Å². The van der Waals surface area contributed by atoms with Crippen LogP contribution in [0.5, 0.6) is 5.88 Å². The van der Waals surface area contributed by atoms with E-state index >= 15 is 0 Å². The molecule has 1 aromatic heterocycles.